The van der Waals surface area contributed by atoms with Crippen LogP contribution >= 0.6 is 0 Å². The molecule has 2 heteroatoms. The summed E-state index contributed by atoms with van der Waals surface area (Å²) in [5.74, 6) is 0.973. The van der Waals surface area contributed by atoms with Crippen molar-refractivity contribution < 1.29 is 4.74 Å². The number of para-hydroxylation sites is 1. The van der Waals surface area contributed by atoms with Gasteiger partial charge in [0.1, 0.15) is 5.75 Å². The summed E-state index contributed by atoms with van der Waals surface area (Å²) in [5, 5.41) is 3.54. The number of benzene rings is 1. The minimum absolute atomic E-state index is 0.285. The molecule has 1 aromatic rings. The summed E-state index contributed by atoms with van der Waals surface area (Å²) in [7, 11) is 0. The van der Waals surface area contributed by atoms with Crippen LogP contribution in [0.25, 0.3) is 0 Å². The summed E-state index contributed by atoms with van der Waals surface area (Å²) in [6, 6.07) is 8.91. The van der Waals surface area contributed by atoms with Crippen molar-refractivity contribution in [2.24, 2.45) is 0 Å². The van der Waals surface area contributed by atoms with E-state index in [1.54, 1.807) is 0 Å². The maximum atomic E-state index is 5.64. The van der Waals surface area contributed by atoms with E-state index < -0.39 is 0 Å². The number of hydrogen-bond acceptors (Lipinski definition) is 2. The Balaban J connectivity index is 2.73. The van der Waals surface area contributed by atoms with Crippen LogP contribution in [0.15, 0.2) is 36.9 Å². The Morgan fingerprint density at radius 2 is 2.06 bits per heavy atom. The molecule has 2 atom stereocenters. The first-order valence-corrected chi connectivity index (χ1v) is 6.27. The summed E-state index contributed by atoms with van der Waals surface area (Å²) in [6.07, 6.45) is 2.92. The fourth-order valence-electron chi connectivity index (χ4n) is 1.96. The SMILES string of the molecule is C=CCC(C)NC(C)c1ccccc1OCC. The summed E-state index contributed by atoms with van der Waals surface area (Å²) < 4.78 is 5.64. The first-order valence-electron chi connectivity index (χ1n) is 6.27. The predicted octanol–water partition coefficient (Wildman–Crippen LogP) is 3.70. The molecule has 1 rings (SSSR count). The molecule has 0 saturated heterocycles. The van der Waals surface area contributed by atoms with Gasteiger partial charge >= 0.3 is 0 Å². The van der Waals surface area contributed by atoms with Crippen LogP contribution in [-0.4, -0.2) is 12.6 Å². The molecular weight excluding hydrogens is 210 g/mol. The summed E-state index contributed by atoms with van der Waals surface area (Å²) in [4.78, 5) is 0. The zero-order valence-electron chi connectivity index (χ0n) is 11.1. The first kappa shape index (κ1) is 13.8. The molecule has 0 aliphatic carbocycles. The molecule has 0 saturated carbocycles. The van der Waals surface area contributed by atoms with Crippen LogP contribution in [0.1, 0.15) is 38.8 Å². The van der Waals surface area contributed by atoms with E-state index in [1.807, 2.05) is 31.2 Å². The molecule has 0 heterocycles. The van der Waals surface area contributed by atoms with Crippen molar-refractivity contribution in [3.8, 4) is 5.75 Å². The molecule has 94 valence electrons. The van der Waals surface area contributed by atoms with E-state index in [1.165, 1.54) is 5.56 Å². The predicted molar refractivity (Wildman–Crippen MR) is 73.4 cm³/mol. The van der Waals surface area contributed by atoms with E-state index in [4.69, 9.17) is 4.74 Å². The Morgan fingerprint density at radius 3 is 2.71 bits per heavy atom. The molecule has 0 spiro atoms. The highest BCUT2D eigenvalue weighted by molar-refractivity contribution is 5.35. The Bertz CT molecular complexity index is 349. The van der Waals surface area contributed by atoms with E-state index >= 15 is 0 Å². The van der Waals surface area contributed by atoms with Crippen molar-refractivity contribution in [1.29, 1.82) is 0 Å². The van der Waals surface area contributed by atoms with Crippen molar-refractivity contribution in [3.05, 3.63) is 42.5 Å². The zero-order valence-corrected chi connectivity index (χ0v) is 11.1. The van der Waals surface area contributed by atoms with Crippen LogP contribution in [0.5, 0.6) is 5.75 Å². The van der Waals surface area contributed by atoms with E-state index in [9.17, 15) is 0 Å². The molecule has 0 fully saturated rings. The van der Waals surface area contributed by atoms with Crippen LogP contribution in [0.4, 0.5) is 0 Å². The normalized spacial score (nSPS) is 14.1. The third kappa shape index (κ3) is 4.23. The largest absolute Gasteiger partial charge is 0.494 e. The minimum atomic E-state index is 0.285. The van der Waals surface area contributed by atoms with Crippen LogP contribution in [-0.2, 0) is 0 Å². The van der Waals surface area contributed by atoms with E-state index in [-0.39, 0.29) is 6.04 Å². The van der Waals surface area contributed by atoms with Gasteiger partial charge in [-0.2, -0.15) is 0 Å². The van der Waals surface area contributed by atoms with Gasteiger partial charge in [0.15, 0.2) is 0 Å². The van der Waals surface area contributed by atoms with Gasteiger partial charge in [-0.1, -0.05) is 24.3 Å². The Labute approximate surface area is 105 Å². The Kier molecular flexibility index (Phi) is 5.78. The Morgan fingerprint density at radius 1 is 1.35 bits per heavy atom. The molecule has 2 unspecified atom stereocenters. The van der Waals surface area contributed by atoms with Crippen LogP contribution in [0.3, 0.4) is 0 Å². The van der Waals surface area contributed by atoms with Crippen LogP contribution in [0, 0.1) is 0 Å². The highest BCUT2D eigenvalue weighted by Crippen LogP contribution is 2.25. The molecule has 0 aliphatic heterocycles. The van der Waals surface area contributed by atoms with Crippen LogP contribution < -0.4 is 10.1 Å². The third-order valence-electron chi connectivity index (χ3n) is 2.74. The zero-order chi connectivity index (χ0) is 12.7. The average Bonchev–Trinajstić information content (AvgIpc) is 2.30. The lowest BCUT2D eigenvalue weighted by atomic mass is 10.1. The van der Waals surface area contributed by atoms with Crippen molar-refractivity contribution in [2.45, 2.75) is 39.3 Å². The smallest absolute Gasteiger partial charge is 0.124 e. The molecule has 0 bridgehead atoms. The van der Waals surface area contributed by atoms with Gasteiger partial charge in [0.25, 0.3) is 0 Å². The van der Waals surface area contributed by atoms with Gasteiger partial charge in [0.2, 0.25) is 0 Å². The highest BCUT2D eigenvalue weighted by atomic mass is 16.5. The van der Waals surface area contributed by atoms with E-state index in [2.05, 4.69) is 31.8 Å². The monoisotopic (exact) mass is 233 g/mol. The second-order valence-electron chi connectivity index (χ2n) is 4.28. The molecule has 17 heavy (non-hydrogen) atoms. The molecule has 1 aromatic carbocycles. The van der Waals surface area contributed by atoms with Crippen molar-refractivity contribution in [2.75, 3.05) is 6.61 Å². The molecule has 0 aliphatic rings. The van der Waals surface area contributed by atoms with Gasteiger partial charge in [0, 0.05) is 17.6 Å². The number of ether oxygens (including phenoxy) is 1. The van der Waals surface area contributed by atoms with Gasteiger partial charge in [-0.05, 0) is 33.3 Å². The summed E-state index contributed by atoms with van der Waals surface area (Å²) >= 11 is 0. The van der Waals surface area contributed by atoms with Crippen molar-refractivity contribution >= 4 is 0 Å². The standard InChI is InChI=1S/C15H23NO/c1-5-9-12(3)16-13(4)14-10-7-8-11-15(14)17-6-2/h5,7-8,10-13,16H,1,6,9H2,2-4H3. The van der Waals surface area contributed by atoms with Gasteiger partial charge in [-0.3, -0.25) is 0 Å². The van der Waals surface area contributed by atoms with Crippen molar-refractivity contribution in [1.82, 2.24) is 5.32 Å². The van der Waals surface area contributed by atoms with E-state index in [0.717, 1.165) is 12.2 Å². The lowest BCUT2D eigenvalue weighted by Gasteiger charge is -2.21. The second-order valence-corrected chi connectivity index (χ2v) is 4.28. The van der Waals surface area contributed by atoms with Crippen molar-refractivity contribution in [3.63, 3.8) is 0 Å². The van der Waals surface area contributed by atoms with Gasteiger partial charge in [-0.15, -0.1) is 6.58 Å². The van der Waals surface area contributed by atoms with Crippen LogP contribution in [0.2, 0.25) is 0 Å². The minimum Gasteiger partial charge on any atom is -0.494 e. The average molecular weight is 233 g/mol. The maximum Gasteiger partial charge on any atom is 0.124 e. The quantitative estimate of drug-likeness (QED) is 0.725. The lowest BCUT2D eigenvalue weighted by Crippen LogP contribution is -2.28. The van der Waals surface area contributed by atoms with E-state index in [0.29, 0.717) is 12.6 Å². The highest BCUT2D eigenvalue weighted by Gasteiger charge is 2.12. The fourth-order valence-corrected chi connectivity index (χ4v) is 1.96. The molecule has 0 aromatic heterocycles. The summed E-state index contributed by atoms with van der Waals surface area (Å²) in [6.45, 7) is 10.8. The molecule has 0 radical (unpaired) electrons. The number of rotatable bonds is 7. The molecular formula is C15H23NO. The molecule has 0 amide bonds. The maximum absolute atomic E-state index is 5.64. The number of nitrogens with one attached hydrogen (secondary N) is 1. The fraction of sp³-hybridized carbons (Fsp3) is 0.467. The van der Waals surface area contributed by atoms with Gasteiger partial charge in [-0.25, -0.2) is 0 Å². The lowest BCUT2D eigenvalue weighted by molar-refractivity contribution is 0.330. The Hall–Kier alpha value is -1.28. The van der Waals surface area contributed by atoms with Gasteiger partial charge < -0.3 is 10.1 Å². The topological polar surface area (TPSA) is 21.3 Å². The first-order chi connectivity index (χ1) is 8.19. The molecule has 2 nitrogen and oxygen atoms in total. The van der Waals surface area contributed by atoms with Gasteiger partial charge in [0.05, 0.1) is 6.61 Å². The summed E-state index contributed by atoms with van der Waals surface area (Å²) in [5.41, 5.74) is 1.21. The number of hydrogen-bond donors (Lipinski definition) is 1. The molecule has 1 N–H and O–H groups in total. The third-order valence-corrected chi connectivity index (χ3v) is 2.74. The second kappa shape index (κ2) is 7.13.